The predicted molar refractivity (Wildman–Crippen MR) is 77.2 cm³/mol. The third kappa shape index (κ3) is 11.7. The molecule has 0 rings (SSSR count). The van der Waals surface area contributed by atoms with Crippen LogP contribution in [-0.2, 0) is 9.59 Å². The Balaban J connectivity index is 3.89. The number of carbonyl (C=O) groups is 3. The van der Waals surface area contributed by atoms with E-state index in [1.54, 1.807) is 0 Å². The molecular formula is C13H25N3O5. The second-order valence-corrected chi connectivity index (χ2v) is 5.09. The van der Waals surface area contributed by atoms with Gasteiger partial charge in [-0.25, -0.2) is 9.59 Å². The monoisotopic (exact) mass is 303 g/mol. The molecule has 0 saturated heterocycles. The molecule has 0 unspecified atom stereocenters. The van der Waals surface area contributed by atoms with Crippen LogP contribution < -0.4 is 10.6 Å². The van der Waals surface area contributed by atoms with E-state index in [1.807, 2.05) is 19.0 Å². The third-order valence-corrected chi connectivity index (χ3v) is 2.80. The second kappa shape index (κ2) is 10.9. The lowest BCUT2D eigenvalue weighted by molar-refractivity contribution is -0.140. The number of unbranched alkanes of at least 4 members (excludes halogenated alkanes) is 1. The maximum atomic E-state index is 11.5. The Bertz CT molecular complexity index is 347. The molecule has 21 heavy (non-hydrogen) atoms. The molecule has 0 heterocycles. The van der Waals surface area contributed by atoms with Crippen LogP contribution >= 0.6 is 0 Å². The van der Waals surface area contributed by atoms with E-state index in [9.17, 15) is 14.4 Å². The number of rotatable bonds is 11. The van der Waals surface area contributed by atoms with Gasteiger partial charge < -0.3 is 25.7 Å². The molecule has 0 aliphatic rings. The summed E-state index contributed by atoms with van der Waals surface area (Å²) >= 11 is 0. The van der Waals surface area contributed by atoms with Crippen molar-refractivity contribution in [3.05, 3.63) is 0 Å². The molecule has 0 radical (unpaired) electrons. The van der Waals surface area contributed by atoms with Crippen LogP contribution in [0.3, 0.4) is 0 Å². The fraction of sp³-hybridized carbons (Fsp3) is 0.769. The Morgan fingerprint density at radius 3 is 2.29 bits per heavy atom. The number of hydrogen-bond acceptors (Lipinski definition) is 4. The molecule has 0 spiro atoms. The van der Waals surface area contributed by atoms with E-state index in [0.29, 0.717) is 6.54 Å². The minimum absolute atomic E-state index is 0.0929. The number of urea groups is 1. The molecule has 0 aliphatic carbocycles. The quantitative estimate of drug-likeness (QED) is 0.409. The zero-order chi connectivity index (χ0) is 16.3. The molecule has 1 atom stereocenters. The van der Waals surface area contributed by atoms with Gasteiger partial charge in [-0.15, -0.1) is 0 Å². The van der Waals surface area contributed by atoms with Crippen molar-refractivity contribution in [1.82, 2.24) is 15.5 Å². The van der Waals surface area contributed by atoms with Gasteiger partial charge in [-0.05, 0) is 46.3 Å². The van der Waals surface area contributed by atoms with Crippen LogP contribution in [0.5, 0.6) is 0 Å². The molecule has 4 N–H and O–H groups in total. The fourth-order valence-electron chi connectivity index (χ4n) is 1.68. The van der Waals surface area contributed by atoms with E-state index in [-0.39, 0.29) is 19.3 Å². The average Bonchev–Trinajstić information content (AvgIpc) is 2.36. The Kier molecular flexibility index (Phi) is 9.95. The van der Waals surface area contributed by atoms with E-state index in [0.717, 1.165) is 19.4 Å². The topological polar surface area (TPSA) is 119 Å². The first-order chi connectivity index (χ1) is 9.82. The Labute approximate surface area is 124 Å². The molecule has 0 saturated carbocycles. The van der Waals surface area contributed by atoms with Crippen molar-refractivity contribution in [2.24, 2.45) is 0 Å². The van der Waals surface area contributed by atoms with Crippen molar-refractivity contribution in [2.45, 2.75) is 38.1 Å². The highest BCUT2D eigenvalue weighted by molar-refractivity contribution is 5.82. The zero-order valence-electron chi connectivity index (χ0n) is 12.6. The number of nitrogens with zero attached hydrogens (tertiary/aromatic N) is 1. The standard InChI is InChI=1S/C13H25N3O5/c1-16(2)9-4-3-8-14-13(21)15-10(12(19)20)6-5-7-11(17)18/h10H,3-9H2,1-2H3,(H,17,18)(H,19,20)(H2,14,15,21)/t10-/m1/s1. The van der Waals surface area contributed by atoms with Gasteiger partial charge in [-0.2, -0.15) is 0 Å². The van der Waals surface area contributed by atoms with Crippen LogP contribution in [0.4, 0.5) is 4.79 Å². The molecule has 2 amide bonds. The average molecular weight is 303 g/mol. The largest absolute Gasteiger partial charge is 0.481 e. The smallest absolute Gasteiger partial charge is 0.326 e. The van der Waals surface area contributed by atoms with Gasteiger partial charge in [0.1, 0.15) is 6.04 Å². The van der Waals surface area contributed by atoms with Crippen molar-refractivity contribution in [1.29, 1.82) is 0 Å². The zero-order valence-corrected chi connectivity index (χ0v) is 12.6. The molecule has 0 aromatic carbocycles. The molecular weight excluding hydrogens is 278 g/mol. The van der Waals surface area contributed by atoms with Gasteiger partial charge in [0.05, 0.1) is 0 Å². The van der Waals surface area contributed by atoms with Crippen LogP contribution in [0.1, 0.15) is 32.1 Å². The van der Waals surface area contributed by atoms with Gasteiger partial charge in [0.15, 0.2) is 0 Å². The van der Waals surface area contributed by atoms with Crippen LogP contribution in [0.25, 0.3) is 0 Å². The molecule has 0 aromatic heterocycles. The van der Waals surface area contributed by atoms with E-state index in [1.165, 1.54) is 0 Å². The summed E-state index contributed by atoms with van der Waals surface area (Å²) in [5.74, 6) is -2.15. The Hall–Kier alpha value is -1.83. The highest BCUT2D eigenvalue weighted by atomic mass is 16.4. The maximum absolute atomic E-state index is 11.5. The number of aliphatic carboxylic acids is 2. The fourth-order valence-corrected chi connectivity index (χ4v) is 1.68. The molecule has 8 nitrogen and oxygen atoms in total. The number of carboxylic acids is 2. The van der Waals surface area contributed by atoms with Crippen molar-refractivity contribution in [3.63, 3.8) is 0 Å². The van der Waals surface area contributed by atoms with Crippen LogP contribution in [0.2, 0.25) is 0 Å². The van der Waals surface area contributed by atoms with E-state index >= 15 is 0 Å². The highest BCUT2D eigenvalue weighted by Gasteiger charge is 2.19. The van der Waals surface area contributed by atoms with Gasteiger partial charge in [0.2, 0.25) is 0 Å². The predicted octanol–water partition coefficient (Wildman–Crippen LogP) is 0.336. The summed E-state index contributed by atoms with van der Waals surface area (Å²) in [6, 6.07) is -1.60. The molecule has 8 heteroatoms. The summed E-state index contributed by atoms with van der Waals surface area (Å²) in [6.07, 6.45) is 1.93. The van der Waals surface area contributed by atoms with E-state index < -0.39 is 24.0 Å². The maximum Gasteiger partial charge on any atom is 0.326 e. The number of amides is 2. The van der Waals surface area contributed by atoms with Gasteiger partial charge in [0, 0.05) is 13.0 Å². The van der Waals surface area contributed by atoms with E-state index in [4.69, 9.17) is 10.2 Å². The minimum Gasteiger partial charge on any atom is -0.481 e. The van der Waals surface area contributed by atoms with Crippen molar-refractivity contribution in [2.75, 3.05) is 27.2 Å². The second-order valence-electron chi connectivity index (χ2n) is 5.09. The van der Waals surface area contributed by atoms with Gasteiger partial charge in [-0.1, -0.05) is 0 Å². The highest BCUT2D eigenvalue weighted by Crippen LogP contribution is 2.01. The summed E-state index contributed by atoms with van der Waals surface area (Å²) < 4.78 is 0. The lowest BCUT2D eigenvalue weighted by atomic mass is 10.1. The van der Waals surface area contributed by atoms with Gasteiger partial charge >= 0.3 is 18.0 Å². The first kappa shape index (κ1) is 19.2. The van der Waals surface area contributed by atoms with Crippen LogP contribution in [-0.4, -0.2) is 66.3 Å². The van der Waals surface area contributed by atoms with Crippen molar-refractivity contribution < 1.29 is 24.6 Å². The summed E-state index contributed by atoms with van der Waals surface area (Å²) in [6.45, 7) is 1.40. The lowest BCUT2D eigenvalue weighted by Crippen LogP contribution is -2.46. The normalized spacial score (nSPS) is 12.0. The molecule has 0 fully saturated rings. The first-order valence-electron chi connectivity index (χ1n) is 6.96. The SMILES string of the molecule is CN(C)CCCCNC(=O)N[C@H](CCCC(=O)O)C(=O)O. The molecule has 0 aromatic rings. The summed E-state index contributed by atoms with van der Waals surface area (Å²) in [4.78, 5) is 34.9. The summed E-state index contributed by atoms with van der Waals surface area (Å²) in [5.41, 5.74) is 0. The first-order valence-corrected chi connectivity index (χ1v) is 6.96. The molecule has 122 valence electrons. The lowest BCUT2D eigenvalue weighted by Gasteiger charge is -2.15. The number of carboxylic acid groups (broad SMARTS) is 2. The van der Waals surface area contributed by atoms with Crippen molar-refractivity contribution in [3.8, 4) is 0 Å². The molecule has 0 aliphatic heterocycles. The minimum atomic E-state index is -1.16. The Morgan fingerprint density at radius 2 is 1.76 bits per heavy atom. The number of hydrogen-bond donors (Lipinski definition) is 4. The van der Waals surface area contributed by atoms with Crippen molar-refractivity contribution >= 4 is 18.0 Å². The number of carbonyl (C=O) groups excluding carboxylic acids is 1. The third-order valence-electron chi connectivity index (χ3n) is 2.80. The van der Waals surface area contributed by atoms with Crippen LogP contribution in [0, 0.1) is 0 Å². The van der Waals surface area contributed by atoms with Gasteiger partial charge in [-0.3, -0.25) is 4.79 Å². The Morgan fingerprint density at radius 1 is 1.10 bits per heavy atom. The van der Waals surface area contributed by atoms with Crippen LogP contribution in [0.15, 0.2) is 0 Å². The summed E-state index contributed by atoms with van der Waals surface area (Å²) in [7, 11) is 3.93. The number of nitrogens with one attached hydrogen (secondary N) is 2. The van der Waals surface area contributed by atoms with Gasteiger partial charge in [0.25, 0.3) is 0 Å². The molecule has 0 bridgehead atoms. The van der Waals surface area contributed by atoms with E-state index in [2.05, 4.69) is 10.6 Å². The summed E-state index contributed by atoms with van der Waals surface area (Å²) in [5, 5.41) is 22.4.